The summed E-state index contributed by atoms with van der Waals surface area (Å²) in [4.78, 5) is 19.1. The van der Waals surface area contributed by atoms with Crippen LogP contribution < -0.4 is 5.32 Å². The third-order valence-electron chi connectivity index (χ3n) is 4.94. The molecule has 1 aromatic carbocycles. The number of hydrogen-bond donors (Lipinski definition) is 2. The minimum atomic E-state index is 0.0354. The Morgan fingerprint density at radius 1 is 1.17 bits per heavy atom. The van der Waals surface area contributed by atoms with E-state index < -0.39 is 0 Å². The first-order valence-electron chi connectivity index (χ1n) is 8.33. The van der Waals surface area contributed by atoms with Crippen LogP contribution in [-0.4, -0.2) is 41.5 Å². The predicted molar refractivity (Wildman–Crippen MR) is 96.8 cm³/mol. The molecule has 1 atom stereocenters. The lowest BCUT2D eigenvalue weighted by atomic mass is 9.84. The second-order valence-corrected chi connectivity index (χ2v) is 8.04. The molecule has 3 saturated heterocycles. The van der Waals surface area contributed by atoms with Crippen LogP contribution in [0.25, 0.3) is 0 Å². The third-order valence-corrected chi connectivity index (χ3v) is 6.13. The number of piperidine rings is 3. The summed E-state index contributed by atoms with van der Waals surface area (Å²) < 4.78 is 0. The van der Waals surface area contributed by atoms with Gasteiger partial charge in [0.05, 0.1) is 5.03 Å². The van der Waals surface area contributed by atoms with E-state index in [9.17, 15) is 4.79 Å². The number of rotatable bonds is 4. The van der Waals surface area contributed by atoms with Crippen LogP contribution in [0.3, 0.4) is 0 Å². The van der Waals surface area contributed by atoms with Gasteiger partial charge in [-0.05, 0) is 68.2 Å². The molecule has 5 rings (SSSR count). The maximum absolute atomic E-state index is 12.5. The number of benzene rings is 1. The fourth-order valence-electron chi connectivity index (χ4n) is 3.59. The first-order chi connectivity index (χ1) is 11.7. The van der Waals surface area contributed by atoms with Crippen molar-refractivity contribution in [1.29, 1.82) is 0 Å². The van der Waals surface area contributed by atoms with E-state index in [0.29, 0.717) is 17.1 Å². The van der Waals surface area contributed by atoms with E-state index in [4.69, 9.17) is 11.6 Å². The van der Waals surface area contributed by atoms with Gasteiger partial charge in [0.25, 0.3) is 5.91 Å². The van der Waals surface area contributed by atoms with E-state index in [2.05, 4.69) is 15.2 Å². The second-order valence-electron chi connectivity index (χ2n) is 6.51. The SMILES string of the molecule is O=C(NC1CN2CCC1CC2)c1ccc(Sc2ccc(Cl)[nH]2)cc1. The van der Waals surface area contributed by atoms with Gasteiger partial charge in [-0.2, -0.15) is 0 Å². The van der Waals surface area contributed by atoms with Crippen LogP contribution in [0.15, 0.2) is 46.3 Å². The second kappa shape index (κ2) is 6.82. The first kappa shape index (κ1) is 16.1. The Bertz CT molecular complexity index is 722. The molecule has 6 heteroatoms. The molecule has 0 saturated carbocycles. The predicted octanol–water partition coefficient (Wildman–Crippen LogP) is 3.64. The number of nitrogens with zero attached hydrogens (tertiary/aromatic N) is 1. The first-order valence-corrected chi connectivity index (χ1v) is 9.52. The lowest BCUT2D eigenvalue weighted by Gasteiger charge is -2.44. The number of nitrogens with one attached hydrogen (secondary N) is 2. The summed E-state index contributed by atoms with van der Waals surface area (Å²) in [6, 6.07) is 11.8. The highest BCUT2D eigenvalue weighted by molar-refractivity contribution is 7.99. The van der Waals surface area contributed by atoms with Gasteiger partial charge >= 0.3 is 0 Å². The Balaban J connectivity index is 1.38. The quantitative estimate of drug-likeness (QED) is 0.874. The summed E-state index contributed by atoms with van der Waals surface area (Å²) >= 11 is 7.48. The number of H-pyrrole nitrogens is 1. The van der Waals surface area contributed by atoms with E-state index in [1.807, 2.05) is 36.4 Å². The lowest BCUT2D eigenvalue weighted by molar-refractivity contribution is 0.0620. The number of aromatic amines is 1. The van der Waals surface area contributed by atoms with Gasteiger partial charge in [0.2, 0.25) is 0 Å². The van der Waals surface area contributed by atoms with Crippen LogP contribution in [0.4, 0.5) is 0 Å². The zero-order valence-electron chi connectivity index (χ0n) is 13.3. The van der Waals surface area contributed by atoms with Gasteiger partial charge in [0.1, 0.15) is 5.15 Å². The molecule has 2 bridgehead atoms. The van der Waals surface area contributed by atoms with E-state index in [-0.39, 0.29) is 5.91 Å². The Hall–Kier alpha value is -1.43. The molecule has 1 unspecified atom stereocenters. The molecule has 4 nitrogen and oxygen atoms in total. The van der Waals surface area contributed by atoms with Crippen LogP contribution in [0.5, 0.6) is 0 Å². The van der Waals surface area contributed by atoms with Crippen LogP contribution in [0.2, 0.25) is 5.15 Å². The highest BCUT2D eigenvalue weighted by Crippen LogP contribution is 2.29. The molecule has 3 aliphatic rings. The molecule has 2 N–H and O–H groups in total. The molecule has 3 aliphatic heterocycles. The minimum Gasteiger partial charge on any atom is -0.348 e. The Morgan fingerprint density at radius 2 is 1.92 bits per heavy atom. The van der Waals surface area contributed by atoms with Gasteiger partial charge in [0, 0.05) is 23.0 Å². The Morgan fingerprint density at radius 3 is 2.50 bits per heavy atom. The molecule has 2 aromatic rings. The fourth-order valence-corrected chi connectivity index (χ4v) is 4.64. The van der Waals surface area contributed by atoms with E-state index >= 15 is 0 Å². The number of carbonyl (C=O) groups excluding carboxylic acids is 1. The highest BCUT2D eigenvalue weighted by atomic mass is 35.5. The zero-order valence-corrected chi connectivity index (χ0v) is 14.9. The average molecular weight is 362 g/mol. The van der Waals surface area contributed by atoms with Crippen LogP contribution in [-0.2, 0) is 0 Å². The van der Waals surface area contributed by atoms with Crippen molar-refractivity contribution in [3.05, 3.63) is 47.1 Å². The van der Waals surface area contributed by atoms with Crippen molar-refractivity contribution >= 4 is 29.3 Å². The summed E-state index contributed by atoms with van der Waals surface area (Å²) in [6.45, 7) is 3.37. The molecular weight excluding hydrogens is 342 g/mol. The van der Waals surface area contributed by atoms with Crippen molar-refractivity contribution in [2.24, 2.45) is 5.92 Å². The topological polar surface area (TPSA) is 48.1 Å². The van der Waals surface area contributed by atoms with Crippen molar-refractivity contribution < 1.29 is 4.79 Å². The molecule has 1 amide bonds. The van der Waals surface area contributed by atoms with Crippen molar-refractivity contribution in [3.8, 4) is 0 Å². The van der Waals surface area contributed by atoms with Gasteiger partial charge in [0.15, 0.2) is 0 Å². The number of hydrogen-bond acceptors (Lipinski definition) is 3. The number of amides is 1. The van der Waals surface area contributed by atoms with Crippen molar-refractivity contribution in [2.75, 3.05) is 19.6 Å². The van der Waals surface area contributed by atoms with Crippen molar-refractivity contribution in [3.63, 3.8) is 0 Å². The summed E-state index contributed by atoms with van der Waals surface area (Å²) in [6.07, 6.45) is 2.42. The fraction of sp³-hybridized carbons (Fsp3) is 0.389. The maximum Gasteiger partial charge on any atom is 0.251 e. The number of aromatic nitrogens is 1. The summed E-state index contributed by atoms with van der Waals surface area (Å²) in [5.74, 6) is 0.680. The Kier molecular flexibility index (Phi) is 4.57. The lowest BCUT2D eigenvalue weighted by Crippen LogP contribution is -2.57. The van der Waals surface area contributed by atoms with Gasteiger partial charge < -0.3 is 15.2 Å². The summed E-state index contributed by atoms with van der Waals surface area (Å²) in [5, 5.41) is 4.85. The smallest absolute Gasteiger partial charge is 0.251 e. The summed E-state index contributed by atoms with van der Waals surface area (Å²) in [5.41, 5.74) is 0.723. The molecule has 126 valence electrons. The summed E-state index contributed by atoms with van der Waals surface area (Å²) in [7, 11) is 0. The van der Waals surface area contributed by atoms with Crippen molar-refractivity contribution in [2.45, 2.75) is 28.8 Å². The van der Waals surface area contributed by atoms with Crippen molar-refractivity contribution in [1.82, 2.24) is 15.2 Å². The molecule has 0 radical (unpaired) electrons. The zero-order chi connectivity index (χ0) is 16.5. The largest absolute Gasteiger partial charge is 0.348 e. The number of fused-ring (bicyclic) bond motifs is 3. The van der Waals surface area contributed by atoms with E-state index in [1.54, 1.807) is 11.8 Å². The van der Waals surface area contributed by atoms with Crippen LogP contribution >= 0.6 is 23.4 Å². The molecule has 0 aliphatic carbocycles. The Labute approximate surface area is 151 Å². The third kappa shape index (κ3) is 3.48. The maximum atomic E-state index is 12.5. The van der Waals surface area contributed by atoms with Crippen LogP contribution in [0, 0.1) is 5.92 Å². The van der Waals surface area contributed by atoms with E-state index in [0.717, 1.165) is 22.0 Å². The molecule has 3 fully saturated rings. The van der Waals surface area contributed by atoms with Gasteiger partial charge in [-0.1, -0.05) is 23.4 Å². The molecule has 24 heavy (non-hydrogen) atoms. The number of carbonyl (C=O) groups is 1. The standard InChI is InChI=1S/C18H20ClN3OS/c19-16-5-6-17(21-16)24-14-3-1-13(2-4-14)18(23)20-15-11-22-9-7-12(15)8-10-22/h1-6,12,15,21H,7-11H2,(H,20,23). The number of halogens is 1. The monoisotopic (exact) mass is 361 g/mol. The van der Waals surface area contributed by atoms with Gasteiger partial charge in [-0.15, -0.1) is 0 Å². The molecule has 1 aromatic heterocycles. The normalized spacial score (nSPS) is 25.6. The van der Waals surface area contributed by atoms with Crippen LogP contribution in [0.1, 0.15) is 23.2 Å². The average Bonchev–Trinajstić information content (AvgIpc) is 3.01. The van der Waals surface area contributed by atoms with Gasteiger partial charge in [-0.3, -0.25) is 4.79 Å². The molecule has 4 heterocycles. The van der Waals surface area contributed by atoms with Gasteiger partial charge in [-0.25, -0.2) is 0 Å². The minimum absolute atomic E-state index is 0.0354. The molecular formula is C18H20ClN3OS. The molecule has 0 spiro atoms. The highest BCUT2D eigenvalue weighted by Gasteiger charge is 2.34. The van der Waals surface area contributed by atoms with E-state index in [1.165, 1.54) is 25.9 Å².